The zero-order chi connectivity index (χ0) is 50.7. The molecule has 0 bridgehead atoms. The smallest absolute Gasteiger partial charge is 0.123 e. The van der Waals surface area contributed by atoms with Crippen molar-refractivity contribution >= 4 is 13.9 Å². The lowest BCUT2D eigenvalue weighted by atomic mass is 9.49. The second-order valence-corrected chi connectivity index (χ2v) is 24.0. The summed E-state index contributed by atoms with van der Waals surface area (Å²) in [6.07, 6.45) is 5.49. The van der Waals surface area contributed by atoms with Crippen molar-refractivity contribution in [2.45, 2.75) is 135 Å². The molecule has 66 heavy (non-hydrogen) atoms. The lowest BCUT2D eigenvalue weighted by Crippen LogP contribution is -2.55. The molecule has 4 rings (SSSR count). The van der Waals surface area contributed by atoms with Gasteiger partial charge in [0.05, 0.1) is 26.4 Å². The zero-order valence-corrected chi connectivity index (χ0v) is 45.3. The van der Waals surface area contributed by atoms with E-state index in [0.29, 0.717) is 11.3 Å². The molecule has 4 N–H and O–H groups in total. The van der Waals surface area contributed by atoms with Crippen molar-refractivity contribution in [2.75, 3.05) is 40.1 Å². The number of aromatic hydroxyl groups is 1. The second kappa shape index (κ2) is 27.1. The Bertz CT molecular complexity index is 2020. The van der Waals surface area contributed by atoms with Crippen LogP contribution in [0.1, 0.15) is 141 Å². The van der Waals surface area contributed by atoms with Crippen LogP contribution < -0.4 is 4.52 Å². The average Bonchev–Trinajstić information content (AvgIpc) is 3.23. The molecule has 4 aromatic carbocycles. The van der Waals surface area contributed by atoms with Crippen LogP contribution in [-0.4, -0.2) is 71.6 Å². The molecular formula is C58H90N3O4P. The predicted molar refractivity (Wildman–Crippen MR) is 286 cm³/mol. The van der Waals surface area contributed by atoms with E-state index in [0.717, 1.165) is 70.8 Å². The Morgan fingerprint density at radius 2 is 1.12 bits per heavy atom. The SMILES string of the molecule is CC(=N)c1ccc(-c2ccc(O)cc2)cc1.CC(C)CC(C)C.CCCP(C)Oc1ccc(-c2ccc(C#N)cc2)cc1.CN(C)C(C)(CO)CC(C)(C)C(C)(C)C(C)(CO)CC(C)(C)C. The summed E-state index contributed by atoms with van der Waals surface area (Å²) in [6.45, 7) is 35.6. The van der Waals surface area contributed by atoms with Gasteiger partial charge in [0.1, 0.15) is 11.5 Å². The molecule has 0 fully saturated rings. The van der Waals surface area contributed by atoms with Crippen LogP contribution in [0.2, 0.25) is 0 Å². The molecule has 0 aliphatic heterocycles. The predicted octanol–water partition coefficient (Wildman–Crippen LogP) is 15.4. The van der Waals surface area contributed by atoms with Gasteiger partial charge in [-0.25, -0.2) is 0 Å². The van der Waals surface area contributed by atoms with Crippen molar-refractivity contribution in [3.63, 3.8) is 0 Å². The molecule has 0 amide bonds. The van der Waals surface area contributed by atoms with Crippen molar-refractivity contribution in [1.82, 2.24) is 4.90 Å². The minimum absolute atomic E-state index is 0.0442. The van der Waals surface area contributed by atoms with Crippen LogP contribution in [-0.2, 0) is 0 Å². The molecule has 0 saturated heterocycles. The Labute approximate surface area is 404 Å². The maximum atomic E-state index is 10.3. The largest absolute Gasteiger partial charge is 0.508 e. The highest BCUT2D eigenvalue weighted by molar-refractivity contribution is 7.52. The lowest BCUT2D eigenvalue weighted by Gasteiger charge is -2.57. The number of hydrogen-bond acceptors (Lipinski definition) is 7. The molecule has 7 nitrogen and oxygen atoms in total. The fourth-order valence-corrected chi connectivity index (χ4v) is 9.69. The molecule has 3 unspecified atom stereocenters. The Morgan fingerprint density at radius 3 is 1.45 bits per heavy atom. The molecule has 0 aliphatic rings. The van der Waals surface area contributed by atoms with E-state index in [2.05, 4.69) is 127 Å². The van der Waals surface area contributed by atoms with Crippen molar-refractivity contribution in [3.05, 3.63) is 108 Å². The normalized spacial score (nSPS) is 14.0. The zero-order valence-electron chi connectivity index (χ0n) is 44.4. The van der Waals surface area contributed by atoms with E-state index in [1.54, 1.807) is 19.1 Å². The van der Waals surface area contributed by atoms with Gasteiger partial charge in [0, 0.05) is 24.0 Å². The molecule has 0 heterocycles. The quantitative estimate of drug-likeness (QED) is 0.0618. The highest BCUT2D eigenvalue weighted by atomic mass is 31.1. The topological polar surface area (TPSA) is 121 Å². The highest BCUT2D eigenvalue weighted by Gasteiger charge is 2.53. The fraction of sp³-hybridized carbons (Fsp3) is 0.552. The number of likely N-dealkylation sites (N-methyl/N-ethyl adjacent to an activating group) is 1. The third kappa shape index (κ3) is 19.7. The molecule has 0 radical (unpaired) electrons. The summed E-state index contributed by atoms with van der Waals surface area (Å²) in [6, 6.07) is 32.8. The Hall–Kier alpha value is -4.05. The number of aliphatic hydroxyl groups is 2. The third-order valence-electron chi connectivity index (χ3n) is 13.2. The van der Waals surface area contributed by atoms with Crippen molar-refractivity contribution in [2.24, 2.45) is 33.5 Å². The summed E-state index contributed by atoms with van der Waals surface area (Å²) in [5.41, 5.74) is 6.16. The summed E-state index contributed by atoms with van der Waals surface area (Å²) < 4.78 is 5.90. The molecule has 8 heteroatoms. The lowest BCUT2D eigenvalue weighted by molar-refractivity contribution is -0.107. The Kier molecular flexibility index (Phi) is 24.6. The van der Waals surface area contributed by atoms with E-state index in [1.807, 2.05) is 86.9 Å². The average molecular weight is 924 g/mol. The van der Waals surface area contributed by atoms with Gasteiger partial charge in [-0.15, -0.1) is 0 Å². The fourth-order valence-electron chi connectivity index (χ4n) is 8.49. The van der Waals surface area contributed by atoms with E-state index in [4.69, 9.17) is 15.2 Å². The first-order valence-electron chi connectivity index (χ1n) is 23.8. The molecule has 366 valence electrons. The standard InChI is InChI=1S/C20H43NO2.C17H18NOP.C14H13NO.C7H16/c1-16(2,3)12-19(8,14-22)18(6,7)17(4,5)13-20(9,15-23)21(10)11;1-3-12-20(2)19-17-10-8-16(9-11-17)15-6-4-14(13-18)5-7-15;1-10(15)11-2-4-12(5-3-11)13-6-8-14(16)9-7-13;1-6(2)5-7(3)4/h22-23H,12-15H2,1-11H3;4-11H,3,12H2,1-2H3;2-9,15-16H,1H3;6-7H,5H2,1-4H3. The van der Waals surface area contributed by atoms with E-state index in [-0.39, 0.29) is 54.3 Å². The van der Waals surface area contributed by atoms with Crippen LogP contribution >= 0.6 is 8.15 Å². The van der Waals surface area contributed by atoms with E-state index >= 15 is 0 Å². The number of hydrogen-bond donors (Lipinski definition) is 4. The summed E-state index contributed by atoms with van der Waals surface area (Å²) in [5.74, 6) is 2.96. The molecule has 4 aromatic rings. The van der Waals surface area contributed by atoms with Crippen molar-refractivity contribution < 1.29 is 19.8 Å². The van der Waals surface area contributed by atoms with Gasteiger partial charge in [0.25, 0.3) is 0 Å². The molecule has 0 saturated carbocycles. The van der Waals surface area contributed by atoms with Crippen LogP contribution in [0, 0.1) is 50.2 Å². The number of phenols is 1. The first-order chi connectivity index (χ1) is 30.5. The van der Waals surface area contributed by atoms with Crippen LogP contribution in [0.4, 0.5) is 0 Å². The summed E-state index contributed by atoms with van der Waals surface area (Å²) in [5, 5.41) is 45.7. The second-order valence-electron chi connectivity index (χ2n) is 22.1. The maximum absolute atomic E-state index is 10.3. The van der Waals surface area contributed by atoms with Gasteiger partial charge < -0.3 is 30.2 Å². The Morgan fingerprint density at radius 1 is 0.697 bits per heavy atom. The molecule has 0 spiro atoms. The molecular weight excluding hydrogens is 834 g/mol. The summed E-state index contributed by atoms with van der Waals surface area (Å²) >= 11 is 0. The van der Waals surface area contributed by atoms with Gasteiger partial charge in [-0.1, -0.05) is 151 Å². The van der Waals surface area contributed by atoms with Crippen molar-refractivity contribution in [3.8, 4) is 39.8 Å². The minimum atomic E-state index is -0.363. The van der Waals surface area contributed by atoms with E-state index in [1.165, 1.54) is 6.42 Å². The number of nitrogens with zero attached hydrogens (tertiary/aromatic N) is 2. The van der Waals surface area contributed by atoms with Gasteiger partial charge in [0.2, 0.25) is 0 Å². The van der Waals surface area contributed by atoms with E-state index < -0.39 is 0 Å². The number of nitriles is 1. The first-order valence-corrected chi connectivity index (χ1v) is 25.7. The number of benzene rings is 4. The minimum Gasteiger partial charge on any atom is -0.508 e. The summed E-state index contributed by atoms with van der Waals surface area (Å²) in [4.78, 5) is 2.12. The van der Waals surface area contributed by atoms with Gasteiger partial charge >= 0.3 is 0 Å². The molecule has 0 aromatic heterocycles. The number of rotatable bonds is 17. The first kappa shape index (κ1) is 60.0. The van der Waals surface area contributed by atoms with Crippen molar-refractivity contribution in [1.29, 1.82) is 10.7 Å². The van der Waals surface area contributed by atoms with Crippen LogP contribution in [0.5, 0.6) is 11.5 Å². The number of phenolic OH excluding ortho intramolecular Hbond substituents is 1. The number of nitrogens with one attached hydrogen (secondary N) is 1. The monoisotopic (exact) mass is 924 g/mol. The van der Waals surface area contributed by atoms with Gasteiger partial charge in [-0.05, 0) is 158 Å². The highest BCUT2D eigenvalue weighted by Crippen LogP contribution is 2.58. The maximum Gasteiger partial charge on any atom is 0.123 e. The number of aliphatic hydroxyl groups excluding tert-OH is 2. The molecule has 0 aliphatic carbocycles. The van der Waals surface area contributed by atoms with Gasteiger partial charge in [-0.2, -0.15) is 5.26 Å². The van der Waals surface area contributed by atoms with Crippen LogP contribution in [0.15, 0.2) is 97.1 Å². The van der Waals surface area contributed by atoms with E-state index in [9.17, 15) is 15.3 Å². The Balaban J connectivity index is 0.000000465. The van der Waals surface area contributed by atoms with Crippen LogP contribution in [0.25, 0.3) is 22.3 Å². The molecule has 3 atom stereocenters. The third-order valence-corrected chi connectivity index (χ3v) is 14.8. The van der Waals surface area contributed by atoms with Crippen LogP contribution in [0.3, 0.4) is 0 Å². The van der Waals surface area contributed by atoms with Gasteiger partial charge in [0.15, 0.2) is 0 Å². The summed E-state index contributed by atoms with van der Waals surface area (Å²) in [7, 11) is 3.69. The van der Waals surface area contributed by atoms with Gasteiger partial charge in [-0.3, -0.25) is 0 Å².